The summed E-state index contributed by atoms with van der Waals surface area (Å²) in [6.07, 6.45) is -19.5. The van der Waals surface area contributed by atoms with E-state index in [2.05, 4.69) is 4.74 Å². The molecule has 1 aromatic heterocycles. The van der Waals surface area contributed by atoms with E-state index >= 15 is 0 Å². The molecule has 0 aliphatic carbocycles. The molecule has 0 saturated heterocycles. The summed E-state index contributed by atoms with van der Waals surface area (Å²) in [6.45, 7) is -1.13. The van der Waals surface area contributed by atoms with Crippen LogP contribution in [0.1, 0.15) is 34.9 Å². The minimum absolute atomic E-state index is 0.425. The Labute approximate surface area is 189 Å². The number of ether oxygens (including phenoxy) is 2. The van der Waals surface area contributed by atoms with Gasteiger partial charge < -0.3 is 20.3 Å². The fraction of sp³-hybridized carbons (Fsp3) is 0.368. The highest BCUT2D eigenvalue weighted by Gasteiger charge is 2.34. The largest absolute Gasteiger partial charge is 0.573 e. The highest BCUT2D eigenvalue weighted by molar-refractivity contribution is 5.97. The number of benzene rings is 1. The molecular weight excluding hydrogens is 507 g/mol. The minimum atomic E-state index is -5.29. The first-order valence-corrected chi connectivity index (χ1v) is 9.27. The molecular formula is C19H15F9N2O5. The van der Waals surface area contributed by atoms with Crippen LogP contribution >= 0.6 is 0 Å². The van der Waals surface area contributed by atoms with Crippen LogP contribution in [0.25, 0.3) is 5.69 Å². The van der Waals surface area contributed by atoms with Crippen molar-refractivity contribution in [2.24, 2.45) is 5.73 Å². The van der Waals surface area contributed by atoms with Crippen molar-refractivity contribution in [2.45, 2.75) is 37.7 Å². The van der Waals surface area contributed by atoms with Crippen LogP contribution < -0.4 is 20.8 Å². The van der Waals surface area contributed by atoms with Crippen molar-refractivity contribution in [3.63, 3.8) is 0 Å². The van der Waals surface area contributed by atoms with Crippen molar-refractivity contribution >= 4 is 5.91 Å². The van der Waals surface area contributed by atoms with Crippen LogP contribution in [0.4, 0.5) is 39.5 Å². The van der Waals surface area contributed by atoms with Gasteiger partial charge in [0.25, 0.3) is 11.5 Å². The lowest BCUT2D eigenvalue weighted by Gasteiger charge is -2.19. The number of aliphatic hydroxyl groups excluding tert-OH is 1. The Balaban J connectivity index is 2.64. The predicted octanol–water partition coefficient (Wildman–Crippen LogP) is 4.15. The standard InChI is InChI=1S/C19H15F9N2O5/c20-17(21,22)2-4-34-15-11(16(29)33)6-10(35-19(26,27)28)7-12(15)30-3-1-9(5-14(30)32)13(31)8-18(23,24)25/h1,3,5-7,13,31H,2,4,8H2,(H2,29,33). The number of alkyl halides is 9. The average molecular weight is 522 g/mol. The van der Waals surface area contributed by atoms with Gasteiger partial charge in [0.15, 0.2) is 5.75 Å². The molecule has 1 atom stereocenters. The van der Waals surface area contributed by atoms with Crippen LogP contribution in [0.2, 0.25) is 0 Å². The number of hydrogen-bond donors (Lipinski definition) is 2. The number of carbonyl (C=O) groups is 1. The Morgan fingerprint density at radius 3 is 2.14 bits per heavy atom. The lowest BCUT2D eigenvalue weighted by molar-refractivity contribution is -0.274. The summed E-state index contributed by atoms with van der Waals surface area (Å²) in [5.74, 6) is -3.37. The molecule has 7 nitrogen and oxygen atoms in total. The van der Waals surface area contributed by atoms with E-state index in [4.69, 9.17) is 10.5 Å². The average Bonchev–Trinajstić information content (AvgIpc) is 2.65. The summed E-state index contributed by atoms with van der Waals surface area (Å²) in [5.41, 5.74) is 1.75. The van der Waals surface area contributed by atoms with Crippen LogP contribution in [0, 0.1) is 0 Å². The number of aromatic nitrogens is 1. The molecule has 194 valence electrons. The molecule has 2 aromatic rings. The Morgan fingerprint density at radius 1 is 1.03 bits per heavy atom. The molecule has 35 heavy (non-hydrogen) atoms. The first-order valence-electron chi connectivity index (χ1n) is 9.27. The SMILES string of the molecule is NC(=O)c1cc(OC(F)(F)F)cc(-n2ccc(C(O)CC(F)(F)F)cc2=O)c1OCCC(F)(F)F. The number of halogens is 9. The molecule has 1 unspecified atom stereocenters. The monoisotopic (exact) mass is 522 g/mol. The fourth-order valence-electron chi connectivity index (χ4n) is 2.80. The summed E-state index contributed by atoms with van der Waals surface area (Å²) in [5, 5.41) is 9.67. The molecule has 0 aliphatic rings. The third-order valence-electron chi connectivity index (χ3n) is 4.19. The highest BCUT2D eigenvalue weighted by Crippen LogP contribution is 2.35. The third kappa shape index (κ3) is 8.38. The van der Waals surface area contributed by atoms with Crippen molar-refractivity contribution in [2.75, 3.05) is 6.61 Å². The maximum atomic E-state index is 12.7. The topological polar surface area (TPSA) is 104 Å². The Kier molecular flexibility index (Phi) is 7.99. The highest BCUT2D eigenvalue weighted by atomic mass is 19.4. The number of hydrogen-bond acceptors (Lipinski definition) is 5. The van der Waals surface area contributed by atoms with Gasteiger partial charge in [-0.2, -0.15) is 26.3 Å². The van der Waals surface area contributed by atoms with Crippen molar-refractivity contribution in [3.05, 3.63) is 51.9 Å². The molecule has 0 fully saturated rings. The quantitative estimate of drug-likeness (QED) is 0.507. The lowest BCUT2D eigenvalue weighted by Crippen LogP contribution is -2.24. The molecule has 0 bridgehead atoms. The number of carbonyl (C=O) groups excluding carboxylic acids is 1. The number of pyridine rings is 1. The summed E-state index contributed by atoms with van der Waals surface area (Å²) in [7, 11) is 0. The van der Waals surface area contributed by atoms with Crippen molar-refractivity contribution < 1.29 is 58.9 Å². The normalized spacial score (nSPS) is 13.4. The number of nitrogens with two attached hydrogens (primary N) is 1. The van der Waals surface area contributed by atoms with Crippen LogP contribution in [-0.2, 0) is 0 Å². The van der Waals surface area contributed by atoms with Crippen molar-refractivity contribution in [1.29, 1.82) is 0 Å². The molecule has 1 amide bonds. The van der Waals surface area contributed by atoms with E-state index in [-0.39, 0.29) is 0 Å². The van der Waals surface area contributed by atoms with Gasteiger partial charge in [-0.15, -0.1) is 13.2 Å². The first kappa shape index (κ1) is 27.8. The molecule has 0 aliphatic heterocycles. The van der Waals surface area contributed by atoms with Gasteiger partial charge in [0.05, 0.1) is 36.8 Å². The van der Waals surface area contributed by atoms with Gasteiger partial charge in [0.2, 0.25) is 0 Å². The van der Waals surface area contributed by atoms with Crippen molar-refractivity contribution in [3.8, 4) is 17.2 Å². The number of aliphatic hydroxyl groups is 1. The molecule has 3 N–H and O–H groups in total. The first-order chi connectivity index (χ1) is 15.9. The summed E-state index contributed by atoms with van der Waals surface area (Å²) in [4.78, 5) is 24.3. The smallest absolute Gasteiger partial charge is 0.490 e. The van der Waals surface area contributed by atoms with Crippen LogP contribution in [-0.4, -0.2) is 40.9 Å². The zero-order chi connectivity index (χ0) is 26.8. The minimum Gasteiger partial charge on any atom is -0.490 e. The second kappa shape index (κ2) is 10.1. The van der Waals surface area contributed by atoms with Crippen LogP contribution in [0.15, 0.2) is 35.3 Å². The number of rotatable bonds is 8. The third-order valence-corrected chi connectivity index (χ3v) is 4.19. The van der Waals surface area contributed by atoms with Crippen LogP contribution in [0.5, 0.6) is 11.5 Å². The molecule has 0 spiro atoms. The van der Waals surface area contributed by atoms with Gasteiger partial charge in [-0.25, -0.2) is 0 Å². The van der Waals surface area contributed by atoms with E-state index in [1.54, 1.807) is 0 Å². The number of amides is 1. The fourth-order valence-corrected chi connectivity index (χ4v) is 2.80. The summed E-state index contributed by atoms with van der Waals surface area (Å²) < 4.78 is 122. The lowest BCUT2D eigenvalue weighted by atomic mass is 10.1. The van der Waals surface area contributed by atoms with Crippen molar-refractivity contribution in [1.82, 2.24) is 4.57 Å². The van der Waals surface area contributed by atoms with E-state index in [0.29, 0.717) is 29.0 Å². The maximum absolute atomic E-state index is 12.7. The number of nitrogens with zero attached hydrogens (tertiary/aromatic N) is 1. The van der Waals surface area contributed by atoms with Crippen LogP contribution in [0.3, 0.4) is 0 Å². The Morgan fingerprint density at radius 2 is 1.66 bits per heavy atom. The number of primary amides is 1. The zero-order valence-electron chi connectivity index (χ0n) is 17.1. The van der Waals surface area contributed by atoms with E-state index in [1.165, 1.54) is 0 Å². The zero-order valence-corrected chi connectivity index (χ0v) is 17.1. The van der Waals surface area contributed by atoms with E-state index in [9.17, 15) is 54.2 Å². The maximum Gasteiger partial charge on any atom is 0.573 e. The molecule has 16 heteroatoms. The second-order valence-corrected chi connectivity index (χ2v) is 6.95. The summed E-state index contributed by atoms with van der Waals surface area (Å²) >= 11 is 0. The van der Waals surface area contributed by atoms with Gasteiger partial charge in [-0.1, -0.05) is 0 Å². The molecule has 0 saturated carbocycles. The van der Waals surface area contributed by atoms with E-state index in [1.807, 2.05) is 0 Å². The van der Waals surface area contributed by atoms with Gasteiger partial charge in [0, 0.05) is 18.3 Å². The van der Waals surface area contributed by atoms with Gasteiger partial charge in [0.1, 0.15) is 5.75 Å². The summed E-state index contributed by atoms with van der Waals surface area (Å²) in [6, 6.07) is 2.24. The van der Waals surface area contributed by atoms with Gasteiger partial charge >= 0.3 is 18.7 Å². The molecule has 1 aromatic carbocycles. The molecule has 0 radical (unpaired) electrons. The molecule has 1 heterocycles. The Hall–Kier alpha value is -3.43. The molecule has 2 rings (SSSR count). The second-order valence-electron chi connectivity index (χ2n) is 6.95. The Bertz CT molecular complexity index is 1120. The van der Waals surface area contributed by atoms with E-state index in [0.717, 1.165) is 6.07 Å². The van der Waals surface area contributed by atoms with E-state index < -0.39 is 84.0 Å². The van der Waals surface area contributed by atoms with Gasteiger partial charge in [-0.3, -0.25) is 14.2 Å². The van der Waals surface area contributed by atoms with Gasteiger partial charge in [-0.05, 0) is 17.7 Å². The predicted molar refractivity (Wildman–Crippen MR) is 99.0 cm³/mol.